The SMILES string of the molecule is CCS(=O)(=O)c1cc(F)cc(Oc2cccc(-n3c(C)nc4c(Cl)cccc43)c2)c1. The highest BCUT2D eigenvalue weighted by molar-refractivity contribution is 7.91. The van der Waals surface area contributed by atoms with Crippen molar-refractivity contribution in [1.29, 1.82) is 0 Å². The number of hydrogen-bond acceptors (Lipinski definition) is 4. The number of aryl methyl sites for hydroxylation is 1. The smallest absolute Gasteiger partial charge is 0.178 e. The third-order valence-corrected chi connectivity index (χ3v) is 6.72. The summed E-state index contributed by atoms with van der Waals surface area (Å²) >= 11 is 6.26. The van der Waals surface area contributed by atoms with Gasteiger partial charge in [0, 0.05) is 12.1 Å². The van der Waals surface area contributed by atoms with E-state index in [9.17, 15) is 12.8 Å². The summed E-state index contributed by atoms with van der Waals surface area (Å²) in [5, 5.41) is 0.561. The fourth-order valence-corrected chi connectivity index (χ4v) is 4.40. The zero-order valence-electron chi connectivity index (χ0n) is 16.3. The van der Waals surface area contributed by atoms with Gasteiger partial charge in [-0.15, -0.1) is 0 Å². The molecule has 1 aromatic heterocycles. The van der Waals surface area contributed by atoms with E-state index in [0.717, 1.165) is 29.2 Å². The van der Waals surface area contributed by atoms with E-state index in [-0.39, 0.29) is 16.4 Å². The first kappa shape index (κ1) is 20.4. The number of fused-ring (bicyclic) bond motifs is 1. The molecule has 0 aliphatic heterocycles. The first-order chi connectivity index (χ1) is 14.3. The van der Waals surface area contributed by atoms with Gasteiger partial charge in [0.15, 0.2) is 9.84 Å². The summed E-state index contributed by atoms with van der Waals surface area (Å²) in [5.41, 5.74) is 2.33. The Morgan fingerprint density at radius 1 is 1.07 bits per heavy atom. The lowest BCUT2D eigenvalue weighted by Crippen LogP contribution is -2.04. The minimum Gasteiger partial charge on any atom is -0.457 e. The van der Waals surface area contributed by atoms with Crippen LogP contribution in [0.1, 0.15) is 12.7 Å². The maximum absolute atomic E-state index is 14.0. The summed E-state index contributed by atoms with van der Waals surface area (Å²) < 4.78 is 45.9. The predicted octanol–water partition coefficient (Wildman–Crippen LogP) is 5.71. The van der Waals surface area contributed by atoms with Crippen molar-refractivity contribution < 1.29 is 17.5 Å². The Labute approximate surface area is 178 Å². The lowest BCUT2D eigenvalue weighted by molar-refractivity contribution is 0.473. The van der Waals surface area contributed by atoms with Crippen molar-refractivity contribution in [2.24, 2.45) is 0 Å². The van der Waals surface area contributed by atoms with Gasteiger partial charge in [-0.05, 0) is 43.3 Å². The van der Waals surface area contributed by atoms with Crippen LogP contribution in [0.4, 0.5) is 4.39 Å². The van der Waals surface area contributed by atoms with Crippen LogP contribution >= 0.6 is 11.6 Å². The van der Waals surface area contributed by atoms with E-state index < -0.39 is 15.7 Å². The van der Waals surface area contributed by atoms with E-state index in [1.165, 1.54) is 13.0 Å². The Kier molecular flexibility index (Phi) is 5.26. The van der Waals surface area contributed by atoms with Gasteiger partial charge in [0.1, 0.15) is 28.7 Å². The van der Waals surface area contributed by atoms with Crippen LogP contribution in [0.15, 0.2) is 65.6 Å². The Morgan fingerprint density at radius 2 is 1.83 bits per heavy atom. The summed E-state index contributed by atoms with van der Waals surface area (Å²) in [7, 11) is -3.56. The number of halogens is 2. The molecule has 1 heterocycles. The van der Waals surface area contributed by atoms with Crippen LogP contribution in [-0.2, 0) is 9.84 Å². The number of para-hydroxylation sites is 1. The molecule has 0 fully saturated rings. The molecule has 4 aromatic rings. The fraction of sp³-hybridized carbons (Fsp3) is 0.136. The highest BCUT2D eigenvalue weighted by Gasteiger charge is 2.16. The molecule has 0 aliphatic carbocycles. The maximum Gasteiger partial charge on any atom is 0.178 e. The molecule has 154 valence electrons. The van der Waals surface area contributed by atoms with E-state index in [4.69, 9.17) is 16.3 Å². The van der Waals surface area contributed by atoms with Crippen LogP contribution in [0.2, 0.25) is 5.02 Å². The van der Waals surface area contributed by atoms with Gasteiger partial charge in [-0.25, -0.2) is 17.8 Å². The summed E-state index contributed by atoms with van der Waals surface area (Å²) in [6, 6.07) is 16.2. The molecular weight excluding hydrogens is 427 g/mol. The average Bonchev–Trinajstić information content (AvgIpc) is 3.05. The van der Waals surface area contributed by atoms with Gasteiger partial charge in [-0.3, -0.25) is 4.57 Å². The second kappa shape index (κ2) is 7.74. The lowest BCUT2D eigenvalue weighted by atomic mass is 10.2. The van der Waals surface area contributed by atoms with Gasteiger partial charge in [0.25, 0.3) is 0 Å². The van der Waals surface area contributed by atoms with Crippen molar-refractivity contribution in [3.63, 3.8) is 0 Å². The molecular formula is C22H18ClFN2O3S. The fourth-order valence-electron chi connectivity index (χ4n) is 3.27. The molecule has 8 heteroatoms. The van der Waals surface area contributed by atoms with Crippen molar-refractivity contribution in [3.8, 4) is 17.2 Å². The Balaban J connectivity index is 1.75. The second-order valence-corrected chi connectivity index (χ2v) is 9.41. The van der Waals surface area contributed by atoms with Crippen LogP contribution in [0.5, 0.6) is 11.5 Å². The molecule has 0 atom stereocenters. The Hall–Kier alpha value is -2.90. The average molecular weight is 445 g/mol. The third-order valence-electron chi connectivity index (χ3n) is 4.70. The van der Waals surface area contributed by atoms with Crippen molar-refractivity contribution in [3.05, 3.63) is 77.3 Å². The van der Waals surface area contributed by atoms with E-state index in [0.29, 0.717) is 16.3 Å². The zero-order chi connectivity index (χ0) is 21.5. The molecule has 0 N–H and O–H groups in total. The normalized spacial score (nSPS) is 11.7. The Bertz CT molecular complexity index is 1370. The van der Waals surface area contributed by atoms with Crippen LogP contribution < -0.4 is 4.74 Å². The largest absolute Gasteiger partial charge is 0.457 e. The van der Waals surface area contributed by atoms with Crippen LogP contribution in [0.25, 0.3) is 16.7 Å². The van der Waals surface area contributed by atoms with E-state index in [1.807, 2.05) is 29.7 Å². The van der Waals surface area contributed by atoms with Crippen molar-refractivity contribution in [1.82, 2.24) is 9.55 Å². The van der Waals surface area contributed by atoms with Crippen LogP contribution in [0, 0.1) is 12.7 Å². The number of rotatable bonds is 5. The number of imidazole rings is 1. The van der Waals surface area contributed by atoms with Crippen molar-refractivity contribution in [2.75, 3.05) is 5.75 Å². The molecule has 0 radical (unpaired) electrons. The maximum atomic E-state index is 14.0. The molecule has 30 heavy (non-hydrogen) atoms. The molecule has 0 saturated heterocycles. The molecule has 0 bridgehead atoms. The molecule has 0 aliphatic rings. The van der Waals surface area contributed by atoms with Crippen LogP contribution in [-0.4, -0.2) is 23.7 Å². The minimum atomic E-state index is -3.56. The Morgan fingerprint density at radius 3 is 2.60 bits per heavy atom. The molecule has 4 rings (SSSR count). The van der Waals surface area contributed by atoms with Gasteiger partial charge in [-0.1, -0.05) is 30.7 Å². The monoisotopic (exact) mass is 444 g/mol. The van der Waals surface area contributed by atoms with Crippen molar-refractivity contribution in [2.45, 2.75) is 18.7 Å². The van der Waals surface area contributed by atoms with E-state index in [2.05, 4.69) is 4.98 Å². The summed E-state index contributed by atoms with van der Waals surface area (Å²) in [5.74, 6) is 0.482. The predicted molar refractivity (Wildman–Crippen MR) is 115 cm³/mol. The number of aromatic nitrogens is 2. The number of nitrogens with zero attached hydrogens (tertiary/aromatic N) is 2. The molecule has 0 amide bonds. The first-order valence-corrected chi connectivity index (χ1v) is 11.3. The molecule has 0 unspecified atom stereocenters. The van der Waals surface area contributed by atoms with Gasteiger partial charge < -0.3 is 4.74 Å². The van der Waals surface area contributed by atoms with Gasteiger partial charge in [0.05, 0.1) is 26.9 Å². The molecule has 0 spiro atoms. The second-order valence-electron chi connectivity index (χ2n) is 6.73. The highest BCUT2D eigenvalue weighted by atomic mass is 35.5. The van der Waals surface area contributed by atoms with E-state index >= 15 is 0 Å². The van der Waals surface area contributed by atoms with Crippen LogP contribution in [0.3, 0.4) is 0 Å². The van der Waals surface area contributed by atoms with Gasteiger partial charge in [0.2, 0.25) is 0 Å². The number of sulfone groups is 1. The number of hydrogen-bond donors (Lipinski definition) is 0. The third kappa shape index (κ3) is 3.78. The zero-order valence-corrected chi connectivity index (χ0v) is 17.8. The highest BCUT2D eigenvalue weighted by Crippen LogP contribution is 2.30. The van der Waals surface area contributed by atoms with Crippen molar-refractivity contribution >= 4 is 32.5 Å². The number of benzene rings is 3. The minimum absolute atomic E-state index is 0.106. The molecule has 3 aromatic carbocycles. The standard InChI is InChI=1S/C22H18ClFN2O3S/c1-3-30(27,28)19-11-15(24)10-18(13-19)29-17-7-4-6-16(12-17)26-14(2)25-22-20(23)8-5-9-21(22)26/h4-13H,3H2,1-2H3. The lowest BCUT2D eigenvalue weighted by Gasteiger charge is -2.11. The van der Waals surface area contributed by atoms with Gasteiger partial charge >= 0.3 is 0 Å². The molecule has 0 saturated carbocycles. The topological polar surface area (TPSA) is 61.2 Å². The van der Waals surface area contributed by atoms with E-state index in [1.54, 1.807) is 24.3 Å². The number of ether oxygens (including phenoxy) is 1. The summed E-state index contributed by atoms with van der Waals surface area (Å²) in [6.45, 7) is 3.38. The first-order valence-electron chi connectivity index (χ1n) is 9.23. The summed E-state index contributed by atoms with van der Waals surface area (Å²) in [4.78, 5) is 4.43. The summed E-state index contributed by atoms with van der Waals surface area (Å²) in [6.07, 6.45) is 0. The molecule has 5 nitrogen and oxygen atoms in total. The quantitative estimate of drug-likeness (QED) is 0.395. The van der Waals surface area contributed by atoms with Gasteiger partial charge in [-0.2, -0.15) is 0 Å².